The molecule has 4 aromatic carbocycles. The highest BCUT2D eigenvalue weighted by Crippen LogP contribution is 2.23. The minimum atomic E-state index is -1.41. The average molecular weight is 735 g/mol. The molecule has 0 aliphatic carbocycles. The third kappa shape index (κ3) is 18.8. The maximum Gasteiger partial charge on any atom is 0.513 e. The molecule has 49 heavy (non-hydrogen) atoms. The van der Waals surface area contributed by atoms with Gasteiger partial charge < -0.3 is 19.3 Å². The summed E-state index contributed by atoms with van der Waals surface area (Å²) in [7, 11) is 3.17. The molecule has 15 heteroatoms. The summed E-state index contributed by atoms with van der Waals surface area (Å²) in [4.78, 5) is 21.7. The van der Waals surface area contributed by atoms with E-state index in [4.69, 9.17) is 34.7 Å². The smallest absolute Gasteiger partial charge is 0.508 e. The van der Waals surface area contributed by atoms with Gasteiger partial charge in [0.05, 0.1) is 13.1 Å². The Kier molecular flexibility index (Phi) is 19.5. The summed E-state index contributed by atoms with van der Waals surface area (Å²) < 4.78 is 45.3. The molecule has 0 aliphatic rings. The van der Waals surface area contributed by atoms with Crippen molar-refractivity contribution in [1.29, 1.82) is 0 Å². The number of benzene rings is 4. The molecule has 0 aliphatic heterocycles. The number of carbonyl (C=O) groups is 2. The molecule has 0 radical (unpaired) electrons. The van der Waals surface area contributed by atoms with Crippen LogP contribution >= 0.6 is 11.6 Å². The van der Waals surface area contributed by atoms with E-state index in [0.717, 1.165) is 16.7 Å². The van der Waals surface area contributed by atoms with Crippen molar-refractivity contribution in [2.75, 3.05) is 52.9 Å². The van der Waals surface area contributed by atoms with Gasteiger partial charge in [0, 0.05) is 38.2 Å². The largest absolute Gasteiger partial charge is 0.513 e. The zero-order chi connectivity index (χ0) is 36.0. The number of hydroxylamine groups is 4. The Morgan fingerprint density at radius 3 is 1.43 bits per heavy atom. The van der Waals surface area contributed by atoms with E-state index < -0.39 is 33.7 Å². The van der Waals surface area contributed by atoms with Gasteiger partial charge in [-0.15, -0.1) is 0 Å². The highest BCUT2D eigenvalue weighted by atomic mass is 35.5. The standard InChI is InChI=1S/C17H19NO5S.C12H10O.C5H10ClNO4S/c1-18(23-24(2)20)12-13-21-17(19)22-16-10-8-15(9-11-16)14-6-4-3-5-7-14;13-12-8-6-11(7-9-12)10-4-2-1-3-5-10;1-7(11-12(2)9)3-4-10-5(6)8/h3-11H,12-13H2,1-2H3;1-9,13H;3-4H2,1-2H3. The Labute approximate surface area is 296 Å². The van der Waals surface area contributed by atoms with Crippen molar-refractivity contribution in [2.45, 2.75) is 0 Å². The zero-order valence-electron chi connectivity index (χ0n) is 27.4. The fourth-order valence-corrected chi connectivity index (χ4v) is 4.64. The van der Waals surface area contributed by atoms with Crippen LogP contribution in [0, 0.1) is 0 Å². The Balaban J connectivity index is 0.000000281. The number of aromatic hydroxyl groups is 1. The molecular formula is C34H39ClN2O10S2. The quantitative estimate of drug-likeness (QED) is 0.0685. The summed E-state index contributed by atoms with van der Waals surface area (Å²) in [6.07, 6.45) is 2.00. The van der Waals surface area contributed by atoms with Gasteiger partial charge in [-0.25, -0.2) is 18.0 Å². The third-order valence-corrected chi connectivity index (χ3v) is 6.89. The maximum atomic E-state index is 11.6. The fraction of sp³-hybridized carbons (Fsp3) is 0.235. The van der Waals surface area contributed by atoms with E-state index in [9.17, 15) is 18.0 Å². The normalized spacial score (nSPS) is 11.7. The van der Waals surface area contributed by atoms with E-state index in [-0.39, 0.29) is 19.8 Å². The number of likely N-dealkylation sites (N-methyl/N-ethyl adjacent to an activating group) is 2. The van der Waals surface area contributed by atoms with Gasteiger partial charge in [0.2, 0.25) is 0 Å². The first kappa shape index (κ1) is 41.0. The lowest BCUT2D eigenvalue weighted by Crippen LogP contribution is -2.26. The van der Waals surface area contributed by atoms with Crippen LogP contribution in [0.25, 0.3) is 22.3 Å². The van der Waals surface area contributed by atoms with Crippen LogP contribution in [-0.2, 0) is 40.2 Å². The Hall–Kier alpha value is -4.15. The molecule has 4 aromatic rings. The van der Waals surface area contributed by atoms with Crippen LogP contribution in [0.3, 0.4) is 0 Å². The summed E-state index contributed by atoms with van der Waals surface area (Å²) in [6.45, 7) is 0.768. The minimum absolute atomic E-state index is 0.0641. The van der Waals surface area contributed by atoms with E-state index in [1.54, 1.807) is 38.4 Å². The van der Waals surface area contributed by atoms with E-state index in [1.165, 1.54) is 28.2 Å². The van der Waals surface area contributed by atoms with E-state index in [1.807, 2.05) is 84.9 Å². The van der Waals surface area contributed by atoms with Crippen molar-refractivity contribution in [3.05, 3.63) is 109 Å². The fourth-order valence-electron chi connectivity index (χ4n) is 3.70. The molecule has 12 nitrogen and oxygen atoms in total. The van der Waals surface area contributed by atoms with Gasteiger partial charge in [0.15, 0.2) is 22.2 Å². The van der Waals surface area contributed by atoms with Crippen LogP contribution in [0.1, 0.15) is 0 Å². The first-order valence-corrected chi connectivity index (χ1v) is 17.9. The van der Waals surface area contributed by atoms with Crippen molar-refractivity contribution >= 4 is 45.3 Å². The molecule has 4 rings (SSSR count). The van der Waals surface area contributed by atoms with Gasteiger partial charge in [0.1, 0.15) is 24.7 Å². The van der Waals surface area contributed by atoms with Gasteiger partial charge in [-0.2, -0.15) is 18.7 Å². The van der Waals surface area contributed by atoms with Crippen molar-refractivity contribution < 1.29 is 45.9 Å². The number of phenolic OH excluding ortho intramolecular Hbond substituents is 1. The van der Waals surface area contributed by atoms with E-state index >= 15 is 0 Å². The van der Waals surface area contributed by atoms with Crippen LogP contribution in [0.5, 0.6) is 11.5 Å². The summed E-state index contributed by atoms with van der Waals surface area (Å²) >= 11 is 2.12. The molecule has 0 amide bonds. The number of rotatable bonds is 13. The monoisotopic (exact) mass is 734 g/mol. The SMILES string of the molecule is CN(CCOC(=O)Cl)OS(C)=O.CN(CCOC(=O)Oc1ccc(-c2ccccc2)cc1)OS(C)=O.Oc1ccc(-c2ccccc2)cc1. The predicted octanol–water partition coefficient (Wildman–Crippen LogP) is 6.60. The highest BCUT2D eigenvalue weighted by molar-refractivity contribution is 7.79. The summed E-state index contributed by atoms with van der Waals surface area (Å²) in [5.74, 6) is 0.707. The molecule has 264 valence electrons. The molecule has 2 atom stereocenters. The number of hydrogen-bond donors (Lipinski definition) is 1. The van der Waals surface area contributed by atoms with Gasteiger partial charge in [-0.1, -0.05) is 84.9 Å². The first-order valence-electron chi connectivity index (χ1n) is 14.6. The lowest BCUT2D eigenvalue weighted by Gasteiger charge is -2.13. The molecule has 0 aromatic heterocycles. The van der Waals surface area contributed by atoms with Crippen molar-refractivity contribution in [1.82, 2.24) is 10.1 Å². The third-order valence-electron chi connectivity index (χ3n) is 5.85. The number of nitrogens with zero attached hydrogens (tertiary/aromatic N) is 2. The Bertz CT molecular complexity index is 1580. The molecule has 0 bridgehead atoms. The Morgan fingerprint density at radius 2 is 1.02 bits per heavy atom. The van der Waals surface area contributed by atoms with Crippen LogP contribution in [0.2, 0.25) is 0 Å². The lowest BCUT2D eigenvalue weighted by atomic mass is 10.1. The highest BCUT2D eigenvalue weighted by Gasteiger charge is 2.09. The molecule has 1 N–H and O–H groups in total. The lowest BCUT2D eigenvalue weighted by molar-refractivity contribution is -0.0323. The Morgan fingerprint density at radius 1 is 0.633 bits per heavy atom. The summed E-state index contributed by atoms with van der Waals surface area (Å²) in [5.41, 5.74) is 3.55. The van der Waals surface area contributed by atoms with Gasteiger partial charge in [-0.3, -0.25) is 0 Å². The molecule has 0 fully saturated rings. The number of phenols is 1. The number of halogens is 1. The first-order chi connectivity index (χ1) is 23.4. The molecule has 0 spiro atoms. The van der Waals surface area contributed by atoms with Crippen LogP contribution in [0.15, 0.2) is 109 Å². The van der Waals surface area contributed by atoms with Crippen LogP contribution < -0.4 is 4.74 Å². The molecular weight excluding hydrogens is 696 g/mol. The maximum absolute atomic E-state index is 11.6. The van der Waals surface area contributed by atoms with Crippen LogP contribution in [0.4, 0.5) is 9.59 Å². The summed E-state index contributed by atoms with van der Waals surface area (Å²) in [6, 6.07) is 34.4. The second-order valence-corrected chi connectivity index (χ2v) is 12.0. The summed E-state index contributed by atoms with van der Waals surface area (Å²) in [5, 5.41) is 11.7. The van der Waals surface area contributed by atoms with Crippen molar-refractivity contribution in [2.24, 2.45) is 0 Å². The molecule has 0 heterocycles. The van der Waals surface area contributed by atoms with E-state index in [2.05, 4.69) is 4.74 Å². The van der Waals surface area contributed by atoms with Crippen molar-refractivity contribution in [3.8, 4) is 33.8 Å². The number of carbonyl (C=O) groups excluding carboxylic acids is 2. The second-order valence-electron chi connectivity index (χ2n) is 9.74. The topological polar surface area (TPSA) is 141 Å². The van der Waals surface area contributed by atoms with E-state index in [0.29, 0.717) is 18.0 Å². The van der Waals surface area contributed by atoms with Crippen LogP contribution in [-0.4, -0.2) is 88.1 Å². The van der Waals surface area contributed by atoms with Crippen molar-refractivity contribution in [3.63, 3.8) is 0 Å². The molecule has 0 saturated carbocycles. The predicted molar refractivity (Wildman–Crippen MR) is 190 cm³/mol. The zero-order valence-corrected chi connectivity index (χ0v) is 29.8. The number of hydrogen-bond acceptors (Lipinski definition) is 12. The second kappa shape index (κ2) is 23.2. The number of ether oxygens (including phenoxy) is 3. The minimum Gasteiger partial charge on any atom is -0.508 e. The van der Waals surface area contributed by atoms with Gasteiger partial charge in [0.25, 0.3) is 0 Å². The van der Waals surface area contributed by atoms with Gasteiger partial charge in [-0.05, 0) is 46.5 Å². The molecule has 2 unspecified atom stereocenters. The average Bonchev–Trinajstić information content (AvgIpc) is 3.06. The molecule has 0 saturated heterocycles. The van der Waals surface area contributed by atoms with Gasteiger partial charge >= 0.3 is 11.6 Å².